The van der Waals surface area contributed by atoms with Gasteiger partial charge in [0.15, 0.2) is 10.6 Å². The zero-order valence-electron chi connectivity index (χ0n) is 19.2. The maximum absolute atomic E-state index is 12.6. The van der Waals surface area contributed by atoms with Crippen LogP contribution in [0.2, 0.25) is 0 Å². The first-order valence-corrected chi connectivity index (χ1v) is 11.7. The van der Waals surface area contributed by atoms with Gasteiger partial charge in [-0.1, -0.05) is 78.4 Å². The molecule has 4 rings (SSSR count). The molecule has 0 unspecified atom stereocenters. The fourth-order valence-electron chi connectivity index (χ4n) is 3.75. The zero-order chi connectivity index (χ0) is 23.8. The van der Waals surface area contributed by atoms with Gasteiger partial charge in [-0.05, 0) is 41.9 Å². The fourth-order valence-corrected chi connectivity index (χ4v) is 3.97. The van der Waals surface area contributed by atoms with Gasteiger partial charge in [-0.25, -0.2) is 0 Å². The van der Waals surface area contributed by atoms with E-state index in [1.165, 1.54) is 0 Å². The van der Waals surface area contributed by atoms with Crippen LogP contribution in [0.25, 0.3) is 11.4 Å². The number of aromatic amines is 1. The van der Waals surface area contributed by atoms with Crippen LogP contribution in [0, 0.1) is 11.7 Å². The Morgan fingerprint density at radius 2 is 1.76 bits per heavy atom. The molecule has 1 heterocycles. The summed E-state index contributed by atoms with van der Waals surface area (Å²) in [7, 11) is 0. The Kier molecular flexibility index (Phi) is 8.01. The Morgan fingerprint density at radius 3 is 2.56 bits per heavy atom. The minimum Gasteiger partial charge on any atom is -0.372 e. The summed E-state index contributed by atoms with van der Waals surface area (Å²) in [6, 6.07) is 26.2. The Bertz CT molecular complexity index is 1300. The second kappa shape index (κ2) is 11.5. The zero-order valence-corrected chi connectivity index (χ0v) is 20.0. The van der Waals surface area contributed by atoms with E-state index in [1.807, 2.05) is 84.3 Å². The molecule has 0 saturated heterocycles. The average molecular weight is 473 g/mol. The number of hydrogen-bond donors (Lipinski definition) is 2. The summed E-state index contributed by atoms with van der Waals surface area (Å²) >= 11 is 5.39. The lowest BCUT2D eigenvalue weighted by Gasteiger charge is -2.12. The standard InChI is InChI=1S/C27H28N4O2S/c1-20-8-7-13-22(16-20)26-29-30-27(34)31(26)15-14-25(32)28-17-23-11-5-6-12-24(23)19-33-18-21-9-3-2-4-10-21/h2-13,16H,14-15,17-19H2,1H3,(H,28,32)(H,30,34). The number of nitrogens with zero attached hydrogens (tertiary/aromatic N) is 2. The molecule has 174 valence electrons. The van der Waals surface area contributed by atoms with E-state index >= 15 is 0 Å². The molecule has 0 saturated carbocycles. The molecule has 6 nitrogen and oxygen atoms in total. The Balaban J connectivity index is 1.31. The molecule has 0 spiro atoms. The van der Waals surface area contributed by atoms with Gasteiger partial charge >= 0.3 is 0 Å². The van der Waals surface area contributed by atoms with Gasteiger partial charge in [-0.2, -0.15) is 5.10 Å². The lowest BCUT2D eigenvalue weighted by atomic mass is 10.1. The highest BCUT2D eigenvalue weighted by Gasteiger charge is 2.11. The van der Waals surface area contributed by atoms with Crippen LogP contribution >= 0.6 is 12.2 Å². The van der Waals surface area contributed by atoms with E-state index in [9.17, 15) is 4.79 Å². The first-order chi connectivity index (χ1) is 16.6. The minimum absolute atomic E-state index is 0.0432. The van der Waals surface area contributed by atoms with Crippen molar-refractivity contribution in [3.8, 4) is 11.4 Å². The number of rotatable bonds is 10. The normalized spacial score (nSPS) is 10.9. The molecular weight excluding hydrogens is 444 g/mol. The van der Waals surface area contributed by atoms with Crippen molar-refractivity contribution in [3.63, 3.8) is 0 Å². The third-order valence-corrected chi connectivity index (χ3v) is 5.87. The predicted octanol–water partition coefficient (Wildman–Crippen LogP) is 5.34. The highest BCUT2D eigenvalue weighted by atomic mass is 32.1. The molecule has 0 fully saturated rings. The minimum atomic E-state index is -0.0432. The molecule has 7 heteroatoms. The molecule has 1 aromatic heterocycles. The quantitative estimate of drug-likeness (QED) is 0.306. The number of carbonyl (C=O) groups is 1. The first-order valence-electron chi connectivity index (χ1n) is 11.3. The van der Waals surface area contributed by atoms with Gasteiger partial charge in [0.25, 0.3) is 0 Å². The number of aromatic nitrogens is 3. The van der Waals surface area contributed by atoms with Crippen LogP contribution in [0.3, 0.4) is 0 Å². The molecule has 0 aliphatic carbocycles. The maximum Gasteiger partial charge on any atom is 0.222 e. The van der Waals surface area contributed by atoms with Gasteiger partial charge in [-0.3, -0.25) is 14.5 Å². The monoisotopic (exact) mass is 472 g/mol. The SMILES string of the molecule is Cc1cccc(-c2n[nH]c(=S)n2CCC(=O)NCc2ccccc2COCc2ccccc2)c1. The van der Waals surface area contributed by atoms with Crippen molar-refractivity contribution in [1.82, 2.24) is 20.1 Å². The maximum atomic E-state index is 12.6. The summed E-state index contributed by atoms with van der Waals surface area (Å²) in [5, 5.41) is 10.2. The number of aryl methyl sites for hydroxylation is 1. The summed E-state index contributed by atoms with van der Waals surface area (Å²) in [5.41, 5.74) is 5.36. The van der Waals surface area contributed by atoms with E-state index in [2.05, 4.69) is 21.6 Å². The molecule has 1 amide bonds. The van der Waals surface area contributed by atoms with Crippen molar-refractivity contribution in [2.45, 2.75) is 39.6 Å². The molecule has 0 aliphatic rings. The van der Waals surface area contributed by atoms with E-state index in [4.69, 9.17) is 17.0 Å². The van der Waals surface area contributed by atoms with Crippen LogP contribution in [0.1, 0.15) is 28.7 Å². The van der Waals surface area contributed by atoms with Crippen molar-refractivity contribution < 1.29 is 9.53 Å². The highest BCUT2D eigenvalue weighted by Crippen LogP contribution is 2.19. The van der Waals surface area contributed by atoms with E-state index in [-0.39, 0.29) is 5.91 Å². The third kappa shape index (κ3) is 6.27. The van der Waals surface area contributed by atoms with Crippen LogP contribution in [0.15, 0.2) is 78.9 Å². The molecule has 2 N–H and O–H groups in total. The molecule has 4 aromatic rings. The lowest BCUT2D eigenvalue weighted by molar-refractivity contribution is -0.121. The van der Waals surface area contributed by atoms with Gasteiger partial charge in [0, 0.05) is 25.1 Å². The number of carbonyl (C=O) groups excluding carboxylic acids is 1. The van der Waals surface area contributed by atoms with Crippen LogP contribution in [0.4, 0.5) is 0 Å². The van der Waals surface area contributed by atoms with E-state index < -0.39 is 0 Å². The van der Waals surface area contributed by atoms with Crippen molar-refractivity contribution in [1.29, 1.82) is 0 Å². The van der Waals surface area contributed by atoms with Crippen molar-refractivity contribution in [2.24, 2.45) is 0 Å². The van der Waals surface area contributed by atoms with Crippen molar-refractivity contribution in [2.75, 3.05) is 0 Å². The third-order valence-electron chi connectivity index (χ3n) is 5.56. The smallest absolute Gasteiger partial charge is 0.222 e. The van der Waals surface area contributed by atoms with E-state index in [0.29, 0.717) is 37.5 Å². The molecule has 34 heavy (non-hydrogen) atoms. The molecule has 0 bridgehead atoms. The highest BCUT2D eigenvalue weighted by molar-refractivity contribution is 7.71. The predicted molar refractivity (Wildman–Crippen MR) is 135 cm³/mol. The van der Waals surface area contributed by atoms with Crippen molar-refractivity contribution >= 4 is 18.1 Å². The summed E-state index contributed by atoms with van der Waals surface area (Å²) in [6.45, 7) is 3.98. The van der Waals surface area contributed by atoms with Gasteiger partial charge in [0.05, 0.1) is 13.2 Å². The van der Waals surface area contributed by atoms with Gasteiger partial charge in [-0.15, -0.1) is 0 Å². The summed E-state index contributed by atoms with van der Waals surface area (Å²) in [4.78, 5) is 12.6. The molecule has 3 aromatic carbocycles. The van der Waals surface area contributed by atoms with Gasteiger partial charge in [0.1, 0.15) is 0 Å². The number of ether oxygens (including phenoxy) is 1. The molecule has 0 radical (unpaired) electrons. The van der Waals surface area contributed by atoms with Crippen molar-refractivity contribution in [3.05, 3.63) is 106 Å². The second-order valence-corrected chi connectivity index (χ2v) is 8.53. The Labute approximate surface area is 204 Å². The molecule has 0 atom stereocenters. The van der Waals surface area contributed by atoms with Crippen LogP contribution in [-0.2, 0) is 35.8 Å². The topological polar surface area (TPSA) is 71.9 Å². The molecule has 0 aliphatic heterocycles. The summed E-state index contributed by atoms with van der Waals surface area (Å²) < 4.78 is 8.26. The van der Waals surface area contributed by atoms with E-state index in [1.54, 1.807) is 0 Å². The first kappa shape index (κ1) is 23.6. The van der Waals surface area contributed by atoms with E-state index in [0.717, 1.165) is 33.6 Å². The number of hydrogen-bond acceptors (Lipinski definition) is 4. The van der Waals surface area contributed by atoms with Crippen LogP contribution in [0.5, 0.6) is 0 Å². The van der Waals surface area contributed by atoms with Crippen LogP contribution in [-0.4, -0.2) is 20.7 Å². The largest absolute Gasteiger partial charge is 0.372 e. The number of nitrogens with one attached hydrogen (secondary N) is 2. The van der Waals surface area contributed by atoms with Gasteiger partial charge < -0.3 is 10.1 Å². The Hall–Kier alpha value is -3.55. The Morgan fingerprint density at radius 1 is 1.00 bits per heavy atom. The number of H-pyrrole nitrogens is 1. The van der Waals surface area contributed by atoms with Crippen LogP contribution < -0.4 is 5.32 Å². The lowest BCUT2D eigenvalue weighted by Crippen LogP contribution is -2.24. The van der Waals surface area contributed by atoms with Gasteiger partial charge in [0.2, 0.25) is 5.91 Å². The second-order valence-electron chi connectivity index (χ2n) is 8.15. The fraction of sp³-hybridized carbons (Fsp3) is 0.222. The number of benzene rings is 3. The number of amides is 1. The molecular formula is C27H28N4O2S. The summed E-state index contributed by atoms with van der Waals surface area (Å²) in [5.74, 6) is 0.695. The average Bonchev–Trinajstić information content (AvgIpc) is 3.23. The summed E-state index contributed by atoms with van der Waals surface area (Å²) in [6.07, 6.45) is 0.305.